The van der Waals surface area contributed by atoms with Crippen LogP contribution in [0, 0.1) is 5.92 Å². The molecule has 1 aliphatic rings. The van der Waals surface area contributed by atoms with Crippen LogP contribution in [0.1, 0.15) is 27.7 Å². The summed E-state index contributed by atoms with van der Waals surface area (Å²) >= 11 is 0. The molecule has 1 heteroatoms. The van der Waals surface area contributed by atoms with Crippen molar-refractivity contribution in [2.45, 2.75) is 27.7 Å². The third kappa shape index (κ3) is 3.57. The second kappa shape index (κ2) is 5.36. The first-order valence-electron chi connectivity index (χ1n) is 4.55. The molecule has 0 bridgehead atoms. The lowest BCUT2D eigenvalue weighted by Gasteiger charge is -2.25. The van der Waals surface area contributed by atoms with Crippen molar-refractivity contribution in [3.05, 3.63) is 11.6 Å². The fraction of sp³-hybridized carbons (Fsp3) is 0.800. The van der Waals surface area contributed by atoms with Gasteiger partial charge in [0.25, 0.3) is 0 Å². The number of likely N-dealkylation sites (N-methyl/N-ethyl adjacent to an activating group) is 1. The first-order chi connectivity index (χ1) is 5.20. The van der Waals surface area contributed by atoms with Gasteiger partial charge in [0, 0.05) is 13.1 Å². The first-order valence-corrected chi connectivity index (χ1v) is 4.55. The van der Waals surface area contributed by atoms with Crippen molar-refractivity contribution < 1.29 is 0 Å². The second-order valence-electron chi connectivity index (χ2n) is 3.07. The normalized spacial score (nSPS) is 25.2. The van der Waals surface area contributed by atoms with Crippen LogP contribution in [0.3, 0.4) is 0 Å². The van der Waals surface area contributed by atoms with Gasteiger partial charge in [0.2, 0.25) is 0 Å². The molecule has 0 saturated heterocycles. The van der Waals surface area contributed by atoms with Gasteiger partial charge in [0.05, 0.1) is 0 Å². The van der Waals surface area contributed by atoms with Crippen molar-refractivity contribution in [2.75, 3.05) is 20.1 Å². The second-order valence-corrected chi connectivity index (χ2v) is 3.07. The van der Waals surface area contributed by atoms with E-state index < -0.39 is 0 Å². The monoisotopic (exact) mass is 155 g/mol. The molecular weight excluding hydrogens is 134 g/mol. The van der Waals surface area contributed by atoms with Crippen LogP contribution in [0.5, 0.6) is 0 Å². The summed E-state index contributed by atoms with van der Waals surface area (Å²) in [6, 6.07) is 0. The number of rotatable bonds is 0. The van der Waals surface area contributed by atoms with Gasteiger partial charge in [-0.15, -0.1) is 0 Å². The molecule has 1 nitrogen and oxygen atoms in total. The maximum Gasteiger partial charge on any atom is 0.0163 e. The Morgan fingerprint density at radius 1 is 1.45 bits per heavy atom. The number of hydrogen-bond acceptors (Lipinski definition) is 1. The smallest absolute Gasteiger partial charge is 0.0163 e. The van der Waals surface area contributed by atoms with Gasteiger partial charge >= 0.3 is 0 Å². The third-order valence-corrected chi connectivity index (χ3v) is 2.09. The number of hydrogen-bond donors (Lipinski definition) is 0. The molecule has 0 N–H and O–H groups in total. The zero-order valence-electron chi connectivity index (χ0n) is 8.52. The molecule has 0 fully saturated rings. The minimum atomic E-state index is 0.767. The van der Waals surface area contributed by atoms with Crippen molar-refractivity contribution in [3.63, 3.8) is 0 Å². The SMILES string of the molecule is CC.CC1=CCN(C)C[C@H]1C. The topological polar surface area (TPSA) is 3.24 Å². The highest BCUT2D eigenvalue weighted by Gasteiger charge is 2.11. The largest absolute Gasteiger partial charge is 0.302 e. The van der Waals surface area contributed by atoms with Gasteiger partial charge < -0.3 is 4.90 Å². The Bertz CT molecular complexity index is 127. The minimum absolute atomic E-state index is 0.767. The van der Waals surface area contributed by atoms with Gasteiger partial charge in [0.15, 0.2) is 0 Å². The minimum Gasteiger partial charge on any atom is -0.302 e. The molecule has 0 aromatic rings. The molecule has 0 aromatic heterocycles. The van der Waals surface area contributed by atoms with E-state index >= 15 is 0 Å². The molecule has 66 valence electrons. The Kier molecular flexibility index (Phi) is 5.22. The van der Waals surface area contributed by atoms with Crippen LogP contribution in [0.25, 0.3) is 0 Å². The highest BCUT2D eigenvalue weighted by atomic mass is 15.1. The predicted molar refractivity (Wildman–Crippen MR) is 51.8 cm³/mol. The molecule has 1 atom stereocenters. The summed E-state index contributed by atoms with van der Waals surface area (Å²) in [5, 5.41) is 0. The van der Waals surface area contributed by atoms with E-state index in [-0.39, 0.29) is 0 Å². The van der Waals surface area contributed by atoms with Gasteiger partial charge in [-0.05, 0) is 19.9 Å². The van der Waals surface area contributed by atoms with Crippen molar-refractivity contribution in [1.82, 2.24) is 4.90 Å². The highest BCUT2D eigenvalue weighted by molar-refractivity contribution is 5.07. The Balaban J connectivity index is 0.000000461. The van der Waals surface area contributed by atoms with E-state index in [1.54, 1.807) is 5.57 Å². The molecule has 0 aromatic carbocycles. The molecular formula is C10H21N. The number of nitrogens with zero attached hydrogens (tertiary/aromatic N) is 1. The van der Waals surface area contributed by atoms with E-state index in [2.05, 4.69) is 31.9 Å². The molecule has 0 unspecified atom stereocenters. The maximum absolute atomic E-state index is 2.34. The van der Waals surface area contributed by atoms with Crippen LogP contribution >= 0.6 is 0 Å². The Hall–Kier alpha value is -0.300. The summed E-state index contributed by atoms with van der Waals surface area (Å²) in [5.74, 6) is 0.767. The molecule has 1 aliphatic heterocycles. The lowest BCUT2D eigenvalue weighted by atomic mass is 9.99. The van der Waals surface area contributed by atoms with Crippen LogP contribution < -0.4 is 0 Å². The van der Waals surface area contributed by atoms with Crippen molar-refractivity contribution >= 4 is 0 Å². The quantitative estimate of drug-likeness (QED) is 0.486. The summed E-state index contributed by atoms with van der Waals surface area (Å²) in [6.45, 7) is 10.9. The van der Waals surface area contributed by atoms with E-state index in [1.807, 2.05) is 13.8 Å². The zero-order chi connectivity index (χ0) is 8.85. The summed E-state index contributed by atoms with van der Waals surface area (Å²) in [6.07, 6.45) is 2.31. The van der Waals surface area contributed by atoms with Crippen LogP contribution in [0.4, 0.5) is 0 Å². The molecule has 1 rings (SSSR count). The molecule has 11 heavy (non-hydrogen) atoms. The van der Waals surface area contributed by atoms with E-state index in [9.17, 15) is 0 Å². The fourth-order valence-corrected chi connectivity index (χ4v) is 1.19. The summed E-state index contributed by atoms with van der Waals surface area (Å²) in [5.41, 5.74) is 1.55. The third-order valence-electron chi connectivity index (χ3n) is 2.09. The van der Waals surface area contributed by atoms with Gasteiger partial charge in [-0.1, -0.05) is 32.4 Å². The average molecular weight is 155 g/mol. The summed E-state index contributed by atoms with van der Waals surface area (Å²) in [7, 11) is 2.17. The van der Waals surface area contributed by atoms with Crippen LogP contribution in [0.2, 0.25) is 0 Å². The Morgan fingerprint density at radius 3 is 2.36 bits per heavy atom. The first kappa shape index (κ1) is 10.7. The summed E-state index contributed by atoms with van der Waals surface area (Å²) in [4.78, 5) is 2.34. The van der Waals surface area contributed by atoms with E-state index in [4.69, 9.17) is 0 Å². The van der Waals surface area contributed by atoms with Crippen LogP contribution in [0.15, 0.2) is 11.6 Å². The van der Waals surface area contributed by atoms with Crippen LogP contribution in [-0.2, 0) is 0 Å². The summed E-state index contributed by atoms with van der Waals surface area (Å²) < 4.78 is 0. The zero-order valence-corrected chi connectivity index (χ0v) is 8.52. The molecule has 0 spiro atoms. The molecule has 0 saturated carbocycles. The van der Waals surface area contributed by atoms with E-state index in [0.717, 1.165) is 12.5 Å². The molecule has 0 amide bonds. The molecule has 1 heterocycles. The molecule has 0 radical (unpaired) electrons. The van der Waals surface area contributed by atoms with E-state index in [0.29, 0.717) is 0 Å². The lowest BCUT2D eigenvalue weighted by molar-refractivity contribution is 0.313. The average Bonchev–Trinajstić information content (AvgIpc) is 2.02. The standard InChI is InChI=1S/C8H15N.C2H6/c1-7-4-5-9(3)6-8(7)2;1-2/h4,8H,5-6H2,1-3H3;1-2H3/t8-;/m1./s1. The fourth-order valence-electron chi connectivity index (χ4n) is 1.19. The van der Waals surface area contributed by atoms with Crippen molar-refractivity contribution in [2.24, 2.45) is 5.92 Å². The Morgan fingerprint density at radius 2 is 2.00 bits per heavy atom. The lowest BCUT2D eigenvalue weighted by Crippen LogP contribution is -2.29. The highest BCUT2D eigenvalue weighted by Crippen LogP contribution is 2.14. The van der Waals surface area contributed by atoms with Gasteiger partial charge in [-0.2, -0.15) is 0 Å². The maximum atomic E-state index is 2.34. The van der Waals surface area contributed by atoms with Gasteiger partial charge in [-0.25, -0.2) is 0 Å². The predicted octanol–water partition coefficient (Wildman–Crippen LogP) is 2.54. The van der Waals surface area contributed by atoms with Gasteiger partial charge in [-0.3, -0.25) is 0 Å². The van der Waals surface area contributed by atoms with E-state index in [1.165, 1.54) is 6.54 Å². The van der Waals surface area contributed by atoms with Gasteiger partial charge in [0.1, 0.15) is 0 Å². The molecule has 0 aliphatic carbocycles. The van der Waals surface area contributed by atoms with Crippen molar-refractivity contribution in [1.29, 1.82) is 0 Å². The van der Waals surface area contributed by atoms with Crippen LogP contribution in [-0.4, -0.2) is 25.0 Å². The van der Waals surface area contributed by atoms with Crippen molar-refractivity contribution in [3.8, 4) is 0 Å². The Labute approximate surface area is 71.1 Å².